The maximum Gasteiger partial charge on any atom is 0.0347 e. The van der Waals surface area contributed by atoms with Crippen LogP contribution in [0.25, 0.3) is 0 Å². The highest BCUT2D eigenvalue weighted by atomic mass is 15.3. The minimum atomic E-state index is 0.514. The highest BCUT2D eigenvalue weighted by Crippen LogP contribution is 1.92. The third kappa shape index (κ3) is 1.12. The fourth-order valence-electron chi connectivity index (χ4n) is 0.797. The monoisotopic (exact) mass is 101 g/mol. The van der Waals surface area contributed by atoms with Crippen molar-refractivity contribution in [3.63, 3.8) is 0 Å². The standard InChI is InChI=1S/C4H11N3/c5-7-4-1-2-6-3-4/h4,6-7H,1-3,5H2/t4-/m1/s1. The van der Waals surface area contributed by atoms with Crippen molar-refractivity contribution in [2.45, 2.75) is 12.5 Å². The Morgan fingerprint density at radius 2 is 2.57 bits per heavy atom. The number of hydrazine groups is 1. The van der Waals surface area contributed by atoms with E-state index >= 15 is 0 Å². The number of hydrogen-bond acceptors (Lipinski definition) is 3. The van der Waals surface area contributed by atoms with Crippen molar-refractivity contribution < 1.29 is 0 Å². The van der Waals surface area contributed by atoms with Gasteiger partial charge in [-0.15, -0.1) is 0 Å². The number of hydrogen-bond donors (Lipinski definition) is 3. The molecule has 1 saturated heterocycles. The first-order valence-corrected chi connectivity index (χ1v) is 2.60. The van der Waals surface area contributed by atoms with E-state index in [1.54, 1.807) is 0 Å². The van der Waals surface area contributed by atoms with Gasteiger partial charge in [0.05, 0.1) is 0 Å². The molecule has 0 spiro atoms. The summed E-state index contributed by atoms with van der Waals surface area (Å²) in [6.07, 6.45) is 1.16. The van der Waals surface area contributed by atoms with Crippen LogP contribution >= 0.6 is 0 Å². The second-order valence-electron chi connectivity index (χ2n) is 1.86. The third-order valence-electron chi connectivity index (χ3n) is 1.30. The quantitative estimate of drug-likeness (QED) is 0.287. The maximum absolute atomic E-state index is 5.14. The van der Waals surface area contributed by atoms with Crippen LogP contribution < -0.4 is 16.6 Å². The Kier molecular flexibility index (Phi) is 1.62. The van der Waals surface area contributed by atoms with Crippen LogP contribution in [0.15, 0.2) is 0 Å². The molecule has 0 aromatic heterocycles. The Labute approximate surface area is 43.2 Å². The van der Waals surface area contributed by atoms with E-state index in [2.05, 4.69) is 10.7 Å². The highest BCUT2D eigenvalue weighted by Gasteiger charge is 2.10. The fraction of sp³-hybridized carbons (Fsp3) is 1.00. The highest BCUT2D eigenvalue weighted by molar-refractivity contribution is 4.74. The van der Waals surface area contributed by atoms with Crippen LogP contribution in [0.2, 0.25) is 0 Å². The molecular formula is C4H11N3. The molecule has 0 aromatic rings. The van der Waals surface area contributed by atoms with Gasteiger partial charge in [-0.3, -0.25) is 11.3 Å². The molecule has 42 valence electrons. The van der Waals surface area contributed by atoms with Crippen LogP contribution in [0.4, 0.5) is 0 Å². The van der Waals surface area contributed by atoms with Gasteiger partial charge < -0.3 is 5.32 Å². The SMILES string of the molecule is NN[C@@H]1CCNC1. The van der Waals surface area contributed by atoms with E-state index in [4.69, 9.17) is 5.84 Å². The molecule has 0 bridgehead atoms. The van der Waals surface area contributed by atoms with Gasteiger partial charge in [0.1, 0.15) is 0 Å². The molecule has 3 nitrogen and oxygen atoms in total. The van der Waals surface area contributed by atoms with Crippen molar-refractivity contribution in [3.05, 3.63) is 0 Å². The van der Waals surface area contributed by atoms with E-state index in [1.807, 2.05) is 0 Å². The Morgan fingerprint density at radius 3 is 2.86 bits per heavy atom. The zero-order valence-corrected chi connectivity index (χ0v) is 4.28. The van der Waals surface area contributed by atoms with Crippen LogP contribution in [-0.2, 0) is 0 Å². The van der Waals surface area contributed by atoms with Gasteiger partial charge in [-0.2, -0.15) is 0 Å². The van der Waals surface area contributed by atoms with E-state index in [0.29, 0.717) is 6.04 Å². The van der Waals surface area contributed by atoms with Crippen molar-refractivity contribution in [2.24, 2.45) is 5.84 Å². The van der Waals surface area contributed by atoms with Gasteiger partial charge in [0, 0.05) is 12.6 Å². The normalized spacial score (nSPS) is 31.3. The van der Waals surface area contributed by atoms with Crippen molar-refractivity contribution in [1.82, 2.24) is 10.7 Å². The molecule has 1 aliphatic rings. The van der Waals surface area contributed by atoms with Gasteiger partial charge in [-0.05, 0) is 13.0 Å². The first kappa shape index (κ1) is 5.03. The summed E-state index contributed by atoms with van der Waals surface area (Å²) in [5.41, 5.74) is 2.70. The topological polar surface area (TPSA) is 50.1 Å². The molecule has 0 saturated carbocycles. The summed E-state index contributed by atoms with van der Waals surface area (Å²) in [5, 5.41) is 3.18. The molecule has 1 heterocycles. The predicted octanol–water partition coefficient (Wildman–Crippen LogP) is -1.19. The minimum absolute atomic E-state index is 0.514. The Morgan fingerprint density at radius 1 is 1.71 bits per heavy atom. The second-order valence-corrected chi connectivity index (χ2v) is 1.86. The van der Waals surface area contributed by atoms with E-state index in [-0.39, 0.29) is 0 Å². The largest absolute Gasteiger partial charge is 0.315 e. The lowest BCUT2D eigenvalue weighted by atomic mass is 10.3. The average Bonchev–Trinajstić information content (AvgIpc) is 2.14. The fourth-order valence-corrected chi connectivity index (χ4v) is 0.797. The Balaban J connectivity index is 2.14. The Bertz CT molecular complexity index is 48.9. The predicted molar refractivity (Wildman–Crippen MR) is 28.6 cm³/mol. The third-order valence-corrected chi connectivity index (χ3v) is 1.30. The van der Waals surface area contributed by atoms with Crippen LogP contribution in [0.1, 0.15) is 6.42 Å². The molecule has 0 radical (unpaired) electrons. The average molecular weight is 101 g/mol. The molecule has 1 aliphatic heterocycles. The van der Waals surface area contributed by atoms with Gasteiger partial charge in [0.15, 0.2) is 0 Å². The first-order valence-electron chi connectivity index (χ1n) is 2.60. The molecule has 0 aromatic carbocycles. The molecule has 0 amide bonds. The molecule has 0 aliphatic carbocycles. The van der Waals surface area contributed by atoms with Crippen molar-refractivity contribution >= 4 is 0 Å². The molecule has 4 N–H and O–H groups in total. The summed E-state index contributed by atoms with van der Waals surface area (Å²) >= 11 is 0. The summed E-state index contributed by atoms with van der Waals surface area (Å²) in [7, 11) is 0. The molecule has 7 heavy (non-hydrogen) atoms. The molecule has 1 rings (SSSR count). The summed E-state index contributed by atoms with van der Waals surface area (Å²) in [6, 6.07) is 0.514. The lowest BCUT2D eigenvalue weighted by molar-refractivity contribution is 0.570. The van der Waals surface area contributed by atoms with Gasteiger partial charge in [-0.25, -0.2) is 0 Å². The number of nitrogens with one attached hydrogen (secondary N) is 2. The lowest BCUT2D eigenvalue weighted by Gasteiger charge is -2.02. The number of rotatable bonds is 1. The van der Waals surface area contributed by atoms with Gasteiger partial charge in [0.2, 0.25) is 0 Å². The van der Waals surface area contributed by atoms with Crippen LogP contribution in [0, 0.1) is 0 Å². The lowest BCUT2D eigenvalue weighted by Crippen LogP contribution is -2.36. The zero-order chi connectivity index (χ0) is 5.11. The summed E-state index contributed by atoms with van der Waals surface area (Å²) < 4.78 is 0. The zero-order valence-electron chi connectivity index (χ0n) is 4.28. The van der Waals surface area contributed by atoms with E-state index < -0.39 is 0 Å². The van der Waals surface area contributed by atoms with Crippen LogP contribution in [-0.4, -0.2) is 19.1 Å². The van der Waals surface area contributed by atoms with Gasteiger partial charge in [-0.1, -0.05) is 0 Å². The maximum atomic E-state index is 5.14. The summed E-state index contributed by atoms with van der Waals surface area (Å²) in [4.78, 5) is 0. The van der Waals surface area contributed by atoms with Crippen molar-refractivity contribution in [2.75, 3.05) is 13.1 Å². The summed E-state index contributed by atoms with van der Waals surface area (Å²) in [6.45, 7) is 2.13. The van der Waals surface area contributed by atoms with Crippen LogP contribution in [0.5, 0.6) is 0 Å². The van der Waals surface area contributed by atoms with E-state index in [1.165, 1.54) is 0 Å². The smallest absolute Gasteiger partial charge is 0.0347 e. The van der Waals surface area contributed by atoms with E-state index in [9.17, 15) is 0 Å². The van der Waals surface area contributed by atoms with Gasteiger partial charge >= 0.3 is 0 Å². The van der Waals surface area contributed by atoms with Gasteiger partial charge in [0.25, 0.3) is 0 Å². The molecule has 1 atom stereocenters. The van der Waals surface area contributed by atoms with Crippen LogP contribution in [0.3, 0.4) is 0 Å². The number of nitrogens with two attached hydrogens (primary N) is 1. The second kappa shape index (κ2) is 2.26. The molecule has 3 heteroatoms. The first-order chi connectivity index (χ1) is 3.43. The van der Waals surface area contributed by atoms with E-state index in [0.717, 1.165) is 19.5 Å². The molecular weight excluding hydrogens is 90.1 g/mol. The molecule has 0 unspecified atom stereocenters. The Hall–Kier alpha value is -0.120. The van der Waals surface area contributed by atoms with Crippen molar-refractivity contribution in [3.8, 4) is 0 Å². The molecule has 1 fully saturated rings. The summed E-state index contributed by atoms with van der Waals surface area (Å²) in [5.74, 6) is 5.14. The van der Waals surface area contributed by atoms with Crippen molar-refractivity contribution in [1.29, 1.82) is 0 Å². The minimum Gasteiger partial charge on any atom is -0.315 e.